The molecule has 2 heterocycles. The van der Waals surface area contributed by atoms with Crippen molar-refractivity contribution in [3.63, 3.8) is 0 Å². The number of aryl methyl sites for hydroxylation is 1. The molecule has 0 spiro atoms. The highest BCUT2D eigenvalue weighted by atomic mass is 32.1. The van der Waals surface area contributed by atoms with Gasteiger partial charge in [0.25, 0.3) is 11.7 Å². The van der Waals surface area contributed by atoms with Crippen LogP contribution in [-0.4, -0.2) is 38.2 Å². The van der Waals surface area contributed by atoms with Gasteiger partial charge in [-0.1, -0.05) is 6.07 Å². The highest BCUT2D eigenvalue weighted by Gasteiger charge is 2.14. The van der Waals surface area contributed by atoms with E-state index in [0.717, 1.165) is 26.5 Å². The molecule has 0 bridgehead atoms. The first-order valence-corrected chi connectivity index (χ1v) is 10.6. The summed E-state index contributed by atoms with van der Waals surface area (Å²) >= 11 is 1.65. The third kappa shape index (κ3) is 3.93. The Kier molecular flexibility index (Phi) is 5.08. The van der Waals surface area contributed by atoms with Crippen LogP contribution in [0.3, 0.4) is 0 Å². The monoisotopic (exact) mass is 442 g/mol. The van der Waals surface area contributed by atoms with E-state index < -0.39 is 5.91 Å². The molecule has 0 saturated heterocycles. The Hall–Kier alpha value is -4.11. The van der Waals surface area contributed by atoms with Crippen molar-refractivity contribution >= 4 is 33.1 Å². The van der Waals surface area contributed by atoms with Crippen molar-refractivity contribution in [3.05, 3.63) is 78.1 Å². The zero-order valence-corrected chi connectivity index (χ0v) is 18.1. The van der Waals surface area contributed by atoms with E-state index in [1.165, 1.54) is 10.4 Å². The van der Waals surface area contributed by atoms with Crippen LogP contribution in [0, 0.1) is 6.92 Å². The molecule has 3 aromatic carbocycles. The fourth-order valence-electron chi connectivity index (χ4n) is 3.17. The number of nitrogens with zero attached hydrogens (tertiary/aromatic N) is 5. The highest BCUT2D eigenvalue weighted by molar-refractivity contribution is 7.21. The van der Waals surface area contributed by atoms with E-state index in [9.17, 15) is 4.79 Å². The Labute approximate surface area is 187 Å². The normalized spacial score (nSPS) is 10.9. The molecular weight excluding hydrogens is 424 g/mol. The largest absolute Gasteiger partial charge is 0.497 e. The van der Waals surface area contributed by atoms with Crippen LogP contribution in [0.25, 0.3) is 26.5 Å². The van der Waals surface area contributed by atoms with Crippen LogP contribution in [0.5, 0.6) is 5.75 Å². The number of amides is 1. The Morgan fingerprint density at radius 3 is 2.56 bits per heavy atom. The summed E-state index contributed by atoms with van der Waals surface area (Å²) < 4.78 is 6.29. The highest BCUT2D eigenvalue weighted by Crippen LogP contribution is 2.31. The Balaban J connectivity index is 1.30. The topological polar surface area (TPSA) is 94.8 Å². The van der Waals surface area contributed by atoms with E-state index in [2.05, 4.69) is 39.8 Å². The number of methoxy groups -OCH3 is 1. The molecular formula is C23H18N6O2S. The number of aromatic nitrogens is 5. The van der Waals surface area contributed by atoms with E-state index in [1.54, 1.807) is 42.7 Å². The first-order valence-electron chi connectivity index (χ1n) is 9.82. The fraction of sp³-hybridized carbons (Fsp3) is 0.0870. The number of anilines is 1. The predicted octanol–water partition coefficient (Wildman–Crippen LogP) is 4.51. The minimum atomic E-state index is -0.437. The summed E-state index contributed by atoms with van der Waals surface area (Å²) in [5.74, 6) is 0.260. The van der Waals surface area contributed by atoms with Gasteiger partial charge in [0.1, 0.15) is 10.8 Å². The molecule has 0 atom stereocenters. The van der Waals surface area contributed by atoms with E-state index in [1.807, 2.05) is 30.3 Å². The lowest BCUT2D eigenvalue weighted by atomic mass is 10.2. The standard InChI is InChI=1S/C23H18N6O2S/c1-14-3-12-19-20(13-14)32-23(25-19)15-4-6-16(7-5-15)24-22(30)21-26-28-29(27-21)17-8-10-18(31-2)11-9-17/h3-13H,1-2H3,(H,24,30). The summed E-state index contributed by atoms with van der Waals surface area (Å²) in [6.45, 7) is 2.07. The van der Waals surface area contributed by atoms with Crippen molar-refractivity contribution in [2.24, 2.45) is 0 Å². The van der Waals surface area contributed by atoms with Crippen LogP contribution >= 0.6 is 11.3 Å². The van der Waals surface area contributed by atoms with Crippen LogP contribution < -0.4 is 10.1 Å². The van der Waals surface area contributed by atoms with Crippen LogP contribution in [-0.2, 0) is 0 Å². The van der Waals surface area contributed by atoms with Gasteiger partial charge >= 0.3 is 0 Å². The van der Waals surface area contributed by atoms with E-state index in [-0.39, 0.29) is 5.82 Å². The molecule has 5 aromatic rings. The van der Waals surface area contributed by atoms with Crippen molar-refractivity contribution in [3.8, 4) is 22.0 Å². The van der Waals surface area contributed by atoms with Crippen LogP contribution in [0.1, 0.15) is 16.2 Å². The fourth-order valence-corrected chi connectivity index (χ4v) is 4.24. The lowest BCUT2D eigenvalue weighted by Crippen LogP contribution is -2.14. The molecule has 0 aliphatic carbocycles. The number of ether oxygens (including phenoxy) is 1. The molecule has 0 radical (unpaired) electrons. The number of hydrogen-bond acceptors (Lipinski definition) is 7. The molecule has 1 N–H and O–H groups in total. The van der Waals surface area contributed by atoms with Crippen LogP contribution in [0.4, 0.5) is 5.69 Å². The molecule has 158 valence electrons. The summed E-state index contributed by atoms with van der Waals surface area (Å²) in [4.78, 5) is 18.5. The first kappa shape index (κ1) is 19.8. The first-order chi connectivity index (χ1) is 15.6. The molecule has 1 amide bonds. The SMILES string of the molecule is COc1ccc(-n2nnc(C(=O)Nc3ccc(-c4nc5ccc(C)cc5s4)cc3)n2)cc1. The number of benzene rings is 3. The summed E-state index contributed by atoms with van der Waals surface area (Å²) in [7, 11) is 1.59. The van der Waals surface area contributed by atoms with Gasteiger partial charge in [-0.25, -0.2) is 4.98 Å². The molecule has 0 aliphatic heterocycles. The lowest BCUT2D eigenvalue weighted by molar-refractivity contribution is 0.101. The summed E-state index contributed by atoms with van der Waals surface area (Å²) in [5.41, 5.74) is 4.50. The molecule has 0 aliphatic rings. The Morgan fingerprint density at radius 2 is 1.81 bits per heavy atom. The van der Waals surface area contributed by atoms with E-state index >= 15 is 0 Å². The van der Waals surface area contributed by atoms with Gasteiger partial charge in [0.15, 0.2) is 0 Å². The maximum atomic E-state index is 12.5. The third-order valence-corrected chi connectivity index (χ3v) is 5.92. The molecule has 8 nitrogen and oxygen atoms in total. The Bertz CT molecular complexity index is 1410. The van der Waals surface area contributed by atoms with E-state index in [0.29, 0.717) is 11.4 Å². The van der Waals surface area contributed by atoms with Crippen LogP contribution in [0.15, 0.2) is 66.7 Å². The number of fused-ring (bicyclic) bond motifs is 1. The molecule has 0 fully saturated rings. The van der Waals surface area contributed by atoms with Crippen molar-refractivity contribution in [2.75, 3.05) is 12.4 Å². The Morgan fingerprint density at radius 1 is 1.03 bits per heavy atom. The molecule has 5 rings (SSSR count). The number of rotatable bonds is 5. The minimum absolute atomic E-state index is 0.0218. The lowest BCUT2D eigenvalue weighted by Gasteiger charge is -2.03. The zero-order chi connectivity index (χ0) is 22.1. The van der Waals surface area contributed by atoms with Crippen molar-refractivity contribution < 1.29 is 9.53 Å². The average molecular weight is 443 g/mol. The van der Waals surface area contributed by atoms with Gasteiger partial charge in [-0.2, -0.15) is 0 Å². The van der Waals surface area contributed by atoms with Gasteiger partial charge in [0.05, 0.1) is 23.0 Å². The smallest absolute Gasteiger partial charge is 0.297 e. The van der Waals surface area contributed by atoms with Gasteiger partial charge in [0, 0.05) is 11.3 Å². The number of carbonyl (C=O) groups is 1. The second-order valence-corrected chi connectivity index (χ2v) is 8.15. The van der Waals surface area contributed by atoms with Crippen molar-refractivity contribution in [1.29, 1.82) is 0 Å². The van der Waals surface area contributed by atoms with Crippen LogP contribution in [0.2, 0.25) is 0 Å². The van der Waals surface area contributed by atoms with Crippen molar-refractivity contribution in [1.82, 2.24) is 25.2 Å². The second-order valence-electron chi connectivity index (χ2n) is 7.12. The molecule has 2 aromatic heterocycles. The van der Waals surface area contributed by atoms with Crippen molar-refractivity contribution in [2.45, 2.75) is 6.92 Å². The van der Waals surface area contributed by atoms with Gasteiger partial charge in [-0.3, -0.25) is 4.79 Å². The van der Waals surface area contributed by atoms with E-state index in [4.69, 9.17) is 9.72 Å². The maximum absolute atomic E-state index is 12.5. The van der Waals surface area contributed by atoms with Gasteiger partial charge in [-0.15, -0.1) is 26.3 Å². The number of hydrogen-bond donors (Lipinski definition) is 1. The predicted molar refractivity (Wildman–Crippen MR) is 123 cm³/mol. The van der Waals surface area contributed by atoms with Gasteiger partial charge < -0.3 is 10.1 Å². The minimum Gasteiger partial charge on any atom is -0.497 e. The molecule has 0 saturated carbocycles. The molecule has 32 heavy (non-hydrogen) atoms. The maximum Gasteiger partial charge on any atom is 0.297 e. The second kappa shape index (κ2) is 8.20. The molecule has 0 unspecified atom stereocenters. The average Bonchev–Trinajstić information content (AvgIpc) is 3.47. The summed E-state index contributed by atoms with van der Waals surface area (Å²) in [6.07, 6.45) is 0. The number of carbonyl (C=O) groups excluding carboxylic acids is 1. The molecule has 9 heteroatoms. The van der Waals surface area contributed by atoms with Gasteiger partial charge in [0.2, 0.25) is 0 Å². The number of tetrazole rings is 1. The quantitative estimate of drug-likeness (QED) is 0.430. The number of thiazole rings is 1. The number of nitrogens with one attached hydrogen (secondary N) is 1. The summed E-state index contributed by atoms with van der Waals surface area (Å²) in [5, 5.41) is 15.7. The zero-order valence-electron chi connectivity index (χ0n) is 17.3. The third-order valence-electron chi connectivity index (χ3n) is 4.85. The van der Waals surface area contributed by atoms with Gasteiger partial charge in [-0.05, 0) is 78.4 Å². The summed E-state index contributed by atoms with van der Waals surface area (Å²) in [6, 6.07) is 20.9.